The number of benzene rings is 1. The number of nitrogens with one attached hydrogen (secondary N) is 1. The van der Waals surface area contributed by atoms with E-state index in [1.54, 1.807) is 0 Å². The minimum Gasteiger partial charge on any atom is -0.494 e. The van der Waals surface area contributed by atoms with Gasteiger partial charge in [0.1, 0.15) is 5.75 Å². The summed E-state index contributed by atoms with van der Waals surface area (Å²) in [5, 5.41) is 18.3. The van der Waals surface area contributed by atoms with Gasteiger partial charge < -0.3 is 10.5 Å². The summed E-state index contributed by atoms with van der Waals surface area (Å²) in [4.78, 5) is 12.0. The first-order valence-corrected chi connectivity index (χ1v) is 7.24. The molecule has 1 amide bonds. The summed E-state index contributed by atoms with van der Waals surface area (Å²) in [5.74, 6) is 0.403. The maximum Gasteiger partial charge on any atom is 0.293 e. The van der Waals surface area contributed by atoms with Gasteiger partial charge in [0.05, 0.1) is 19.0 Å². The van der Waals surface area contributed by atoms with Gasteiger partial charge in [0.2, 0.25) is 11.6 Å². The summed E-state index contributed by atoms with van der Waals surface area (Å²) in [5.41, 5.74) is 8.73. The van der Waals surface area contributed by atoms with E-state index >= 15 is 0 Å². The standard InChI is InChI=1S/C14H14N8O3/c1-2-24-10-5-3-9(4-6-10)7-16-18-14(23)11-8-22(21-17-11)13-12(15)19-25-20-13/h3-8H,2H2,1H3,(H2,15,19)(H,18,23). The molecule has 2 heterocycles. The van der Waals surface area contributed by atoms with Crippen LogP contribution in [0.3, 0.4) is 0 Å². The van der Waals surface area contributed by atoms with Crippen molar-refractivity contribution >= 4 is 17.9 Å². The summed E-state index contributed by atoms with van der Waals surface area (Å²) in [6.45, 7) is 2.51. The van der Waals surface area contributed by atoms with E-state index in [1.165, 1.54) is 17.1 Å². The lowest BCUT2D eigenvalue weighted by Gasteiger charge is -2.02. The van der Waals surface area contributed by atoms with Crippen molar-refractivity contribution in [2.45, 2.75) is 6.92 Å². The van der Waals surface area contributed by atoms with Crippen LogP contribution in [-0.4, -0.2) is 44.0 Å². The van der Waals surface area contributed by atoms with Gasteiger partial charge in [0.25, 0.3) is 5.91 Å². The average Bonchev–Trinajstić information content (AvgIpc) is 3.25. The smallest absolute Gasteiger partial charge is 0.293 e. The number of nitrogen functional groups attached to an aromatic ring is 1. The fourth-order valence-electron chi connectivity index (χ4n) is 1.86. The number of nitrogens with zero attached hydrogens (tertiary/aromatic N) is 6. The lowest BCUT2D eigenvalue weighted by Crippen LogP contribution is -2.18. The van der Waals surface area contributed by atoms with Crippen molar-refractivity contribution in [2.24, 2.45) is 5.10 Å². The summed E-state index contributed by atoms with van der Waals surface area (Å²) in [6.07, 6.45) is 2.83. The zero-order chi connectivity index (χ0) is 17.6. The van der Waals surface area contributed by atoms with Gasteiger partial charge in [-0.1, -0.05) is 5.21 Å². The van der Waals surface area contributed by atoms with Crippen molar-refractivity contribution in [3.63, 3.8) is 0 Å². The molecule has 11 heteroatoms. The number of anilines is 1. The highest BCUT2D eigenvalue weighted by molar-refractivity contribution is 5.92. The first kappa shape index (κ1) is 16.1. The van der Waals surface area contributed by atoms with Crippen LogP contribution in [0.1, 0.15) is 23.0 Å². The second-order valence-corrected chi connectivity index (χ2v) is 4.72. The fourth-order valence-corrected chi connectivity index (χ4v) is 1.86. The number of hydrogen-bond donors (Lipinski definition) is 2. The number of hydrazone groups is 1. The van der Waals surface area contributed by atoms with E-state index in [-0.39, 0.29) is 17.3 Å². The molecule has 1 aromatic carbocycles. The van der Waals surface area contributed by atoms with Crippen molar-refractivity contribution in [3.8, 4) is 11.6 Å². The Bertz CT molecular complexity index is 884. The molecule has 25 heavy (non-hydrogen) atoms. The summed E-state index contributed by atoms with van der Waals surface area (Å²) < 4.78 is 11.0. The Labute approximate surface area is 141 Å². The van der Waals surface area contributed by atoms with Crippen LogP contribution >= 0.6 is 0 Å². The van der Waals surface area contributed by atoms with E-state index in [0.29, 0.717) is 6.61 Å². The highest BCUT2D eigenvalue weighted by Crippen LogP contribution is 2.11. The average molecular weight is 342 g/mol. The molecule has 0 atom stereocenters. The Hall–Kier alpha value is -3.76. The number of hydrogen-bond acceptors (Lipinski definition) is 9. The van der Waals surface area contributed by atoms with Crippen molar-refractivity contribution in [3.05, 3.63) is 41.7 Å². The Morgan fingerprint density at radius 1 is 1.40 bits per heavy atom. The zero-order valence-electron chi connectivity index (χ0n) is 13.2. The molecule has 2 aromatic heterocycles. The van der Waals surface area contributed by atoms with E-state index < -0.39 is 5.91 Å². The maximum atomic E-state index is 12.0. The SMILES string of the molecule is CCOc1ccc(C=NNC(=O)c2cn(-c3nonc3N)nn2)cc1. The highest BCUT2D eigenvalue weighted by Gasteiger charge is 2.15. The van der Waals surface area contributed by atoms with Crippen molar-refractivity contribution in [1.82, 2.24) is 30.7 Å². The number of rotatable bonds is 6. The number of amides is 1. The molecule has 0 fully saturated rings. The van der Waals surface area contributed by atoms with Gasteiger partial charge in [-0.3, -0.25) is 4.79 Å². The molecule has 0 unspecified atom stereocenters. The predicted octanol–water partition coefficient (Wildman–Crippen LogP) is 0.395. The van der Waals surface area contributed by atoms with Gasteiger partial charge >= 0.3 is 0 Å². The largest absolute Gasteiger partial charge is 0.494 e. The molecule has 0 aliphatic rings. The van der Waals surface area contributed by atoms with E-state index in [2.05, 4.69) is 35.8 Å². The lowest BCUT2D eigenvalue weighted by molar-refractivity contribution is 0.0950. The van der Waals surface area contributed by atoms with Crippen LogP contribution in [0.25, 0.3) is 5.82 Å². The third kappa shape index (κ3) is 3.77. The molecule has 0 saturated heterocycles. The van der Waals surface area contributed by atoms with Crippen LogP contribution in [-0.2, 0) is 0 Å². The van der Waals surface area contributed by atoms with Crippen molar-refractivity contribution in [2.75, 3.05) is 12.3 Å². The van der Waals surface area contributed by atoms with Crippen LogP contribution in [0.2, 0.25) is 0 Å². The molecule has 0 aliphatic carbocycles. The lowest BCUT2D eigenvalue weighted by atomic mass is 10.2. The molecule has 128 valence electrons. The minimum atomic E-state index is -0.538. The Balaban J connectivity index is 1.61. The molecular formula is C14H14N8O3. The number of carbonyl (C=O) groups excluding carboxylic acids is 1. The zero-order valence-corrected chi connectivity index (χ0v) is 13.2. The highest BCUT2D eigenvalue weighted by atomic mass is 16.6. The summed E-state index contributed by atoms with van der Waals surface area (Å²) >= 11 is 0. The van der Waals surface area contributed by atoms with E-state index in [1.807, 2.05) is 31.2 Å². The monoisotopic (exact) mass is 342 g/mol. The first-order chi connectivity index (χ1) is 12.2. The summed E-state index contributed by atoms with van der Waals surface area (Å²) in [7, 11) is 0. The second kappa shape index (κ2) is 7.21. The van der Waals surface area contributed by atoms with Gasteiger partial charge in [-0.05, 0) is 47.1 Å². The second-order valence-electron chi connectivity index (χ2n) is 4.72. The molecule has 0 saturated carbocycles. The number of aromatic nitrogens is 5. The van der Waals surface area contributed by atoms with Crippen LogP contribution in [0.4, 0.5) is 5.82 Å². The maximum absolute atomic E-state index is 12.0. The van der Waals surface area contributed by atoms with Gasteiger partial charge in [-0.15, -0.1) is 5.10 Å². The third-order valence-corrected chi connectivity index (χ3v) is 3.01. The van der Waals surface area contributed by atoms with Crippen LogP contribution in [0.5, 0.6) is 5.75 Å². The first-order valence-electron chi connectivity index (χ1n) is 7.24. The molecule has 0 bridgehead atoms. The Kier molecular flexibility index (Phi) is 4.65. The molecule has 3 aromatic rings. The normalized spacial score (nSPS) is 10.9. The summed E-state index contributed by atoms with van der Waals surface area (Å²) in [6, 6.07) is 7.26. The molecule has 3 N–H and O–H groups in total. The molecular weight excluding hydrogens is 328 g/mol. The quantitative estimate of drug-likeness (QED) is 0.483. The molecule has 0 radical (unpaired) electrons. The van der Waals surface area contributed by atoms with E-state index in [0.717, 1.165) is 11.3 Å². The van der Waals surface area contributed by atoms with Crippen LogP contribution in [0, 0.1) is 0 Å². The molecule has 11 nitrogen and oxygen atoms in total. The van der Waals surface area contributed by atoms with Gasteiger partial charge in [-0.2, -0.15) is 9.78 Å². The Morgan fingerprint density at radius 3 is 2.88 bits per heavy atom. The van der Waals surface area contributed by atoms with Crippen molar-refractivity contribution in [1.29, 1.82) is 0 Å². The van der Waals surface area contributed by atoms with E-state index in [9.17, 15) is 4.79 Å². The third-order valence-electron chi connectivity index (χ3n) is 3.01. The van der Waals surface area contributed by atoms with Gasteiger partial charge in [0, 0.05) is 0 Å². The number of nitrogens with two attached hydrogens (primary N) is 1. The van der Waals surface area contributed by atoms with Crippen LogP contribution in [0.15, 0.2) is 40.2 Å². The minimum absolute atomic E-state index is 0.0328. The molecule has 0 aliphatic heterocycles. The van der Waals surface area contributed by atoms with Crippen LogP contribution < -0.4 is 15.9 Å². The molecule has 3 rings (SSSR count). The Morgan fingerprint density at radius 2 is 2.20 bits per heavy atom. The number of carbonyl (C=O) groups is 1. The fraction of sp³-hybridized carbons (Fsp3) is 0.143. The molecule has 0 spiro atoms. The van der Waals surface area contributed by atoms with Crippen molar-refractivity contribution < 1.29 is 14.2 Å². The van der Waals surface area contributed by atoms with E-state index in [4.69, 9.17) is 10.5 Å². The van der Waals surface area contributed by atoms with Gasteiger partial charge in [-0.25, -0.2) is 10.1 Å². The topological polar surface area (TPSA) is 146 Å². The number of ether oxygens (including phenoxy) is 1. The van der Waals surface area contributed by atoms with Gasteiger partial charge in [0.15, 0.2) is 5.69 Å². The predicted molar refractivity (Wildman–Crippen MR) is 86.3 cm³/mol.